The van der Waals surface area contributed by atoms with Gasteiger partial charge >= 0.3 is 0 Å². The second-order valence-electron chi connectivity index (χ2n) is 2.07. The van der Waals surface area contributed by atoms with Crippen LogP contribution in [-0.4, -0.2) is 28.9 Å². The first-order chi connectivity index (χ1) is 6.29. The maximum atomic E-state index is 11.1. The molecular formula is C6H9N5O2. The Morgan fingerprint density at radius 2 is 2.62 bits per heavy atom. The van der Waals surface area contributed by atoms with E-state index < -0.39 is 5.91 Å². The minimum Gasteiger partial charge on any atom is -0.398 e. The molecular weight excluding hydrogens is 174 g/mol. The number of carbonyl (C=O) groups excluding carboxylic acids is 1. The molecule has 0 aliphatic rings. The lowest BCUT2D eigenvalue weighted by atomic mass is 10.2. The molecule has 0 aliphatic carbocycles. The average Bonchev–Trinajstić information content (AvgIpc) is 2.65. The predicted molar refractivity (Wildman–Crippen MR) is 44.5 cm³/mol. The molecule has 0 unspecified atom stereocenters. The average molecular weight is 183 g/mol. The first-order valence-corrected chi connectivity index (χ1v) is 3.41. The highest BCUT2D eigenvalue weighted by atomic mass is 16.6. The van der Waals surface area contributed by atoms with Crippen LogP contribution in [0.4, 0.5) is 0 Å². The monoisotopic (exact) mass is 183 g/mol. The zero-order valence-corrected chi connectivity index (χ0v) is 6.94. The molecule has 0 aromatic carbocycles. The number of nitrogens with two attached hydrogens (primary N) is 1. The van der Waals surface area contributed by atoms with Crippen LogP contribution in [0, 0.1) is 0 Å². The number of hydrogen-bond donors (Lipinski definition) is 3. The maximum absolute atomic E-state index is 11.1. The van der Waals surface area contributed by atoms with Crippen LogP contribution in [0.5, 0.6) is 0 Å². The number of nitrogens with zero attached hydrogens (tertiary/aromatic N) is 2. The number of carbonyl (C=O) groups is 1. The van der Waals surface area contributed by atoms with Gasteiger partial charge in [0.05, 0.1) is 5.69 Å². The number of rotatable bonds is 3. The van der Waals surface area contributed by atoms with Crippen molar-refractivity contribution < 1.29 is 9.63 Å². The van der Waals surface area contributed by atoms with Crippen LogP contribution in [0.2, 0.25) is 0 Å². The predicted octanol–water partition coefficient (Wildman–Crippen LogP) is -1.25. The largest absolute Gasteiger partial charge is 0.398 e. The van der Waals surface area contributed by atoms with E-state index in [1.165, 1.54) is 13.3 Å². The number of aromatic nitrogens is 2. The Hall–Kier alpha value is -1.89. The van der Waals surface area contributed by atoms with Crippen molar-refractivity contribution >= 4 is 11.6 Å². The standard InChI is InChI=1S/C6H9N5O2/c1-13-11-5(6(12)9-7)4-2-3-8-10-4/h2-3H,7H2,1H3,(H,8,10)(H,9,12). The van der Waals surface area contributed by atoms with E-state index in [4.69, 9.17) is 5.84 Å². The fraction of sp³-hybridized carbons (Fsp3) is 0.167. The van der Waals surface area contributed by atoms with Gasteiger partial charge in [-0.2, -0.15) is 5.10 Å². The highest BCUT2D eigenvalue weighted by molar-refractivity contribution is 6.44. The van der Waals surface area contributed by atoms with Crippen LogP contribution >= 0.6 is 0 Å². The van der Waals surface area contributed by atoms with Crippen LogP contribution in [-0.2, 0) is 9.63 Å². The molecule has 0 bridgehead atoms. The normalized spacial score (nSPS) is 11.1. The Balaban J connectivity index is 2.94. The molecule has 0 fully saturated rings. The van der Waals surface area contributed by atoms with Gasteiger partial charge in [-0.3, -0.25) is 15.3 Å². The van der Waals surface area contributed by atoms with Crippen molar-refractivity contribution in [3.8, 4) is 0 Å². The van der Waals surface area contributed by atoms with Crippen LogP contribution in [0.25, 0.3) is 0 Å². The van der Waals surface area contributed by atoms with Crippen molar-refractivity contribution in [2.24, 2.45) is 11.0 Å². The van der Waals surface area contributed by atoms with E-state index in [1.807, 2.05) is 5.43 Å². The maximum Gasteiger partial charge on any atom is 0.289 e. The highest BCUT2D eigenvalue weighted by Crippen LogP contribution is 1.96. The molecule has 4 N–H and O–H groups in total. The number of H-pyrrole nitrogens is 1. The molecule has 0 spiro atoms. The summed E-state index contributed by atoms with van der Waals surface area (Å²) >= 11 is 0. The Morgan fingerprint density at radius 3 is 3.08 bits per heavy atom. The Bertz CT molecular complexity index is 305. The number of amides is 1. The summed E-state index contributed by atoms with van der Waals surface area (Å²) in [4.78, 5) is 15.6. The van der Waals surface area contributed by atoms with Gasteiger partial charge in [-0.15, -0.1) is 0 Å². The van der Waals surface area contributed by atoms with E-state index in [9.17, 15) is 4.79 Å². The van der Waals surface area contributed by atoms with Gasteiger partial charge in [-0.1, -0.05) is 5.16 Å². The molecule has 1 aromatic rings. The molecule has 7 heteroatoms. The van der Waals surface area contributed by atoms with E-state index in [1.54, 1.807) is 6.07 Å². The minimum absolute atomic E-state index is 0.0440. The summed E-state index contributed by atoms with van der Waals surface area (Å²) in [6.45, 7) is 0. The third-order valence-corrected chi connectivity index (χ3v) is 1.28. The number of nitrogens with one attached hydrogen (secondary N) is 2. The van der Waals surface area contributed by atoms with Crippen LogP contribution in [0.15, 0.2) is 17.4 Å². The topological polar surface area (TPSA) is 105 Å². The molecule has 7 nitrogen and oxygen atoms in total. The third-order valence-electron chi connectivity index (χ3n) is 1.28. The Labute approximate surface area is 73.9 Å². The molecule has 13 heavy (non-hydrogen) atoms. The lowest BCUT2D eigenvalue weighted by Gasteiger charge is -1.99. The molecule has 0 atom stereocenters. The third kappa shape index (κ3) is 2.03. The molecule has 1 aromatic heterocycles. The second-order valence-corrected chi connectivity index (χ2v) is 2.07. The summed E-state index contributed by atoms with van der Waals surface area (Å²) in [6, 6.07) is 1.58. The second kappa shape index (κ2) is 4.21. The summed E-state index contributed by atoms with van der Waals surface area (Å²) in [5.74, 6) is 4.39. The summed E-state index contributed by atoms with van der Waals surface area (Å²) in [5, 5.41) is 9.71. The van der Waals surface area contributed by atoms with Crippen molar-refractivity contribution in [2.75, 3.05) is 7.11 Å². The number of aromatic amines is 1. The van der Waals surface area contributed by atoms with Gasteiger partial charge in [0.2, 0.25) is 0 Å². The smallest absolute Gasteiger partial charge is 0.289 e. The van der Waals surface area contributed by atoms with E-state index in [-0.39, 0.29) is 5.71 Å². The van der Waals surface area contributed by atoms with E-state index in [0.29, 0.717) is 5.69 Å². The van der Waals surface area contributed by atoms with Crippen molar-refractivity contribution in [1.29, 1.82) is 0 Å². The summed E-state index contributed by atoms with van der Waals surface area (Å²) in [5.41, 5.74) is 2.42. The molecule has 0 radical (unpaired) electrons. The van der Waals surface area contributed by atoms with E-state index >= 15 is 0 Å². The highest BCUT2D eigenvalue weighted by Gasteiger charge is 2.14. The molecule has 0 saturated carbocycles. The summed E-state index contributed by atoms with van der Waals surface area (Å²) in [7, 11) is 1.33. The van der Waals surface area contributed by atoms with Gasteiger partial charge in [0, 0.05) is 6.20 Å². The fourth-order valence-corrected chi connectivity index (χ4v) is 0.760. The van der Waals surface area contributed by atoms with Crippen LogP contribution < -0.4 is 11.3 Å². The van der Waals surface area contributed by atoms with Gasteiger partial charge in [0.25, 0.3) is 5.91 Å². The van der Waals surface area contributed by atoms with Gasteiger partial charge in [0.15, 0.2) is 5.71 Å². The first kappa shape index (κ1) is 9.20. The number of hydrazine groups is 1. The SMILES string of the molecule is CON=C(C(=O)NN)c1ccn[nH]1. The zero-order valence-electron chi connectivity index (χ0n) is 6.94. The van der Waals surface area contributed by atoms with Crippen molar-refractivity contribution in [3.05, 3.63) is 18.0 Å². The molecule has 0 saturated heterocycles. The fourth-order valence-electron chi connectivity index (χ4n) is 0.760. The molecule has 70 valence electrons. The Morgan fingerprint density at radius 1 is 1.85 bits per heavy atom. The number of hydrogen-bond acceptors (Lipinski definition) is 5. The van der Waals surface area contributed by atoms with Crippen LogP contribution in [0.1, 0.15) is 5.69 Å². The van der Waals surface area contributed by atoms with Gasteiger partial charge < -0.3 is 4.84 Å². The molecule has 1 amide bonds. The minimum atomic E-state index is -0.550. The molecule has 1 heterocycles. The lowest BCUT2D eigenvalue weighted by Crippen LogP contribution is -2.37. The zero-order chi connectivity index (χ0) is 9.68. The van der Waals surface area contributed by atoms with Gasteiger partial charge in [0.1, 0.15) is 7.11 Å². The molecule has 1 rings (SSSR count). The van der Waals surface area contributed by atoms with E-state index in [0.717, 1.165) is 0 Å². The van der Waals surface area contributed by atoms with Crippen molar-refractivity contribution in [2.45, 2.75) is 0 Å². The quantitative estimate of drug-likeness (QED) is 0.235. The van der Waals surface area contributed by atoms with Crippen molar-refractivity contribution in [1.82, 2.24) is 15.6 Å². The van der Waals surface area contributed by atoms with Gasteiger partial charge in [-0.05, 0) is 6.07 Å². The summed E-state index contributed by atoms with van der Waals surface area (Å²) < 4.78 is 0. The van der Waals surface area contributed by atoms with E-state index in [2.05, 4.69) is 20.2 Å². The number of oxime groups is 1. The van der Waals surface area contributed by atoms with Gasteiger partial charge in [-0.25, -0.2) is 5.84 Å². The lowest BCUT2D eigenvalue weighted by molar-refractivity contribution is -0.115. The molecule has 0 aliphatic heterocycles. The van der Waals surface area contributed by atoms with Crippen LogP contribution in [0.3, 0.4) is 0 Å². The Kier molecular flexibility index (Phi) is 2.98. The summed E-state index contributed by atoms with van der Waals surface area (Å²) in [6.07, 6.45) is 1.49. The first-order valence-electron chi connectivity index (χ1n) is 3.41. The van der Waals surface area contributed by atoms with Crippen molar-refractivity contribution in [3.63, 3.8) is 0 Å².